The SMILES string of the molecule is CN1Cc2c(Cl)cc(Cl)cc2[C@H](c2cccc(-c3cc(NCCOCCOCCNC(=O)Nc4ccc(NC(=O)NCCOCCOCCNc5cc(-c6cccc([C@@H]7CN(C)Cc8c(Cl)cc(Cl)cc87)c6)ncn5)cc4)ncn3)c2)C1. The minimum Gasteiger partial charge on any atom is -0.377 e. The highest BCUT2D eigenvalue weighted by Crippen LogP contribution is 2.41. The summed E-state index contributed by atoms with van der Waals surface area (Å²) < 4.78 is 22.7. The number of benzene rings is 5. The van der Waals surface area contributed by atoms with Crippen LogP contribution in [0.15, 0.2) is 122 Å². The lowest BCUT2D eigenvalue weighted by molar-refractivity contribution is 0.0534. The maximum atomic E-state index is 12.5. The van der Waals surface area contributed by atoms with Gasteiger partial charge in [-0.25, -0.2) is 29.5 Å². The van der Waals surface area contributed by atoms with E-state index < -0.39 is 0 Å². The van der Waals surface area contributed by atoms with Crippen molar-refractivity contribution in [2.45, 2.75) is 24.9 Å². The van der Waals surface area contributed by atoms with Gasteiger partial charge in [0.05, 0.1) is 64.2 Å². The van der Waals surface area contributed by atoms with Crippen LogP contribution >= 0.6 is 46.4 Å². The van der Waals surface area contributed by atoms with E-state index in [4.69, 9.17) is 65.4 Å². The summed E-state index contributed by atoms with van der Waals surface area (Å²) in [5, 5.41) is 20.4. The summed E-state index contributed by atoms with van der Waals surface area (Å²) in [4.78, 5) is 47.4. The number of hydrogen-bond donors (Lipinski definition) is 6. The van der Waals surface area contributed by atoms with Gasteiger partial charge in [-0.2, -0.15) is 0 Å². The van der Waals surface area contributed by atoms with Crippen molar-refractivity contribution in [3.05, 3.63) is 175 Å². The molecule has 18 nitrogen and oxygen atoms in total. The van der Waals surface area contributed by atoms with Gasteiger partial charge in [-0.15, -0.1) is 0 Å². The minimum atomic E-state index is -0.381. The number of aromatic nitrogens is 4. The molecule has 0 fully saturated rings. The van der Waals surface area contributed by atoms with Crippen LogP contribution in [0.1, 0.15) is 45.2 Å². The van der Waals surface area contributed by atoms with Crippen LogP contribution in [0.3, 0.4) is 0 Å². The van der Waals surface area contributed by atoms with E-state index in [0.717, 1.165) is 82.1 Å². The third-order valence-corrected chi connectivity index (χ3v) is 14.9. The number of hydrogen-bond acceptors (Lipinski definition) is 14. The van der Waals surface area contributed by atoms with Crippen LogP contribution in [-0.2, 0) is 32.0 Å². The van der Waals surface area contributed by atoms with Crippen molar-refractivity contribution >= 4 is 81.5 Å². The average Bonchev–Trinajstić information content (AvgIpc) is 3.63. The maximum Gasteiger partial charge on any atom is 0.319 e. The van der Waals surface area contributed by atoms with Gasteiger partial charge in [0.2, 0.25) is 0 Å². The zero-order chi connectivity index (χ0) is 57.2. The monoisotopic (exact) mass is 1190 g/mol. The molecule has 2 aliphatic heterocycles. The second-order valence-electron chi connectivity index (χ2n) is 19.9. The summed E-state index contributed by atoms with van der Waals surface area (Å²) in [6.45, 7) is 8.01. The first kappa shape index (κ1) is 59.9. The van der Waals surface area contributed by atoms with Crippen molar-refractivity contribution in [1.82, 2.24) is 40.4 Å². The third-order valence-electron chi connectivity index (χ3n) is 13.8. The van der Waals surface area contributed by atoms with E-state index in [1.807, 2.05) is 48.5 Å². The van der Waals surface area contributed by atoms with Crippen LogP contribution in [0.2, 0.25) is 20.1 Å². The van der Waals surface area contributed by atoms with Crippen molar-refractivity contribution in [1.29, 1.82) is 0 Å². The fraction of sp³-hybridized carbons (Fsp3) is 0.333. The fourth-order valence-electron chi connectivity index (χ4n) is 9.92. The first-order chi connectivity index (χ1) is 39.9. The Morgan fingerprint density at radius 1 is 0.500 bits per heavy atom. The first-order valence-corrected chi connectivity index (χ1v) is 28.6. The summed E-state index contributed by atoms with van der Waals surface area (Å²) in [6.07, 6.45) is 3.11. The standard InChI is InChI=1S/C60H66Cl4N12O6/c1-75-33-49(47-27-43(61)29-53(63)51(47)35-75)39-5-3-7-41(25-39)55-31-57(71-37-69-55)65-13-17-79-21-23-81-19-15-67-59(77)73-45-9-11-46(12-10-45)74-60(78)68-16-20-82-24-22-80-18-14-66-58-32-56(70-38-72-58)42-8-4-6-40(26-42)50-34-76(2)36-52-48(50)28-44(62)30-54(52)64/h3-12,25-32,37-38,49-50H,13-24,33-36H2,1-2H3,(H,65,69,71)(H,66,70,72)(H2,67,73,77)(H2,68,74,78)/t49-,50-/m0/s1. The van der Waals surface area contributed by atoms with Crippen molar-refractivity contribution in [2.24, 2.45) is 0 Å². The van der Waals surface area contributed by atoms with E-state index in [0.29, 0.717) is 122 Å². The highest BCUT2D eigenvalue weighted by atomic mass is 35.5. The number of urea groups is 2. The molecule has 6 N–H and O–H groups in total. The molecule has 2 atom stereocenters. The number of carbonyl (C=O) groups is 2. The molecule has 0 bridgehead atoms. The van der Waals surface area contributed by atoms with Gasteiger partial charge < -0.3 is 60.6 Å². The number of carbonyl (C=O) groups excluding carboxylic acids is 2. The summed E-state index contributed by atoms with van der Waals surface area (Å²) in [7, 11) is 4.20. The molecule has 5 aromatic carbocycles. The molecule has 0 saturated carbocycles. The Hall–Kier alpha value is -6.68. The highest BCUT2D eigenvalue weighted by molar-refractivity contribution is 6.35. The lowest BCUT2D eigenvalue weighted by Gasteiger charge is -2.33. The Bertz CT molecular complexity index is 3060. The number of fused-ring (bicyclic) bond motifs is 2. The number of nitrogens with zero attached hydrogens (tertiary/aromatic N) is 6. The molecule has 430 valence electrons. The Morgan fingerprint density at radius 2 is 0.902 bits per heavy atom. The van der Waals surface area contributed by atoms with E-state index >= 15 is 0 Å². The molecule has 0 aliphatic carbocycles. The Balaban J connectivity index is 0.573. The lowest BCUT2D eigenvalue weighted by Crippen LogP contribution is -2.32. The van der Waals surface area contributed by atoms with Gasteiger partial charge in [0.1, 0.15) is 24.3 Å². The van der Waals surface area contributed by atoms with E-state index in [-0.39, 0.29) is 23.9 Å². The first-order valence-electron chi connectivity index (χ1n) is 27.1. The normalized spacial score (nSPS) is 15.0. The molecule has 9 rings (SSSR count). The summed E-state index contributed by atoms with van der Waals surface area (Å²) in [5.74, 6) is 1.63. The quantitative estimate of drug-likeness (QED) is 0.0280. The molecule has 4 heterocycles. The molecular formula is C60H66Cl4N12O6. The number of amides is 4. The van der Waals surface area contributed by atoms with Gasteiger partial charge in [-0.3, -0.25) is 0 Å². The number of anilines is 4. The summed E-state index contributed by atoms with van der Waals surface area (Å²) >= 11 is 26.1. The molecule has 0 spiro atoms. The van der Waals surface area contributed by atoms with E-state index in [1.165, 1.54) is 0 Å². The zero-order valence-electron chi connectivity index (χ0n) is 45.7. The Morgan fingerprint density at radius 3 is 1.32 bits per heavy atom. The van der Waals surface area contributed by atoms with E-state index in [9.17, 15) is 9.59 Å². The molecule has 0 saturated heterocycles. The molecule has 0 radical (unpaired) electrons. The van der Waals surface area contributed by atoms with E-state index in [1.54, 1.807) is 36.9 Å². The molecule has 7 aromatic rings. The predicted octanol–water partition coefficient (Wildman–Crippen LogP) is 10.9. The molecule has 82 heavy (non-hydrogen) atoms. The minimum absolute atomic E-state index is 0.120. The van der Waals surface area contributed by atoms with Gasteiger partial charge in [-0.1, -0.05) is 82.8 Å². The van der Waals surface area contributed by atoms with Crippen molar-refractivity contribution < 1.29 is 28.5 Å². The predicted molar refractivity (Wildman–Crippen MR) is 325 cm³/mol. The highest BCUT2D eigenvalue weighted by Gasteiger charge is 2.29. The number of likely N-dealkylation sites (N-methyl/N-ethyl adjacent to an activating group) is 2. The average molecular weight is 1190 g/mol. The van der Waals surface area contributed by atoms with Gasteiger partial charge in [0.15, 0.2) is 0 Å². The van der Waals surface area contributed by atoms with Crippen LogP contribution in [0.5, 0.6) is 0 Å². The Kier molecular flexibility index (Phi) is 22.0. The zero-order valence-corrected chi connectivity index (χ0v) is 48.7. The smallest absolute Gasteiger partial charge is 0.319 e. The van der Waals surface area contributed by atoms with Crippen molar-refractivity contribution in [2.75, 3.05) is 127 Å². The number of rotatable bonds is 26. The molecular weight excluding hydrogens is 1130 g/mol. The van der Waals surface area contributed by atoms with Crippen LogP contribution in [-0.4, -0.2) is 148 Å². The summed E-state index contributed by atoms with van der Waals surface area (Å²) in [6, 6.07) is 34.4. The molecule has 0 unspecified atom stereocenters. The Labute approximate surface area is 497 Å². The molecule has 2 aliphatic rings. The maximum absolute atomic E-state index is 12.5. The van der Waals surface area contributed by atoms with Gasteiger partial charge in [0, 0.05) is 119 Å². The summed E-state index contributed by atoms with van der Waals surface area (Å²) in [5.41, 5.74) is 11.6. The van der Waals surface area contributed by atoms with Crippen molar-refractivity contribution in [3.63, 3.8) is 0 Å². The van der Waals surface area contributed by atoms with Crippen LogP contribution in [0, 0.1) is 0 Å². The second-order valence-corrected chi connectivity index (χ2v) is 21.6. The topological polar surface area (TPSA) is 201 Å². The molecule has 4 amide bonds. The number of ether oxygens (including phenoxy) is 4. The fourth-order valence-corrected chi connectivity index (χ4v) is 11.1. The van der Waals surface area contributed by atoms with Gasteiger partial charge >= 0.3 is 12.1 Å². The van der Waals surface area contributed by atoms with Crippen LogP contribution < -0.4 is 31.9 Å². The second kappa shape index (κ2) is 30.0. The van der Waals surface area contributed by atoms with Crippen LogP contribution in [0.4, 0.5) is 32.6 Å². The third kappa shape index (κ3) is 17.2. The number of nitrogens with one attached hydrogen (secondary N) is 6. The molecule has 2 aromatic heterocycles. The van der Waals surface area contributed by atoms with E-state index in [2.05, 4.69) is 112 Å². The molecule has 22 heteroatoms. The number of halogens is 4. The van der Waals surface area contributed by atoms with Crippen LogP contribution in [0.25, 0.3) is 22.5 Å². The largest absolute Gasteiger partial charge is 0.377 e. The van der Waals surface area contributed by atoms with Gasteiger partial charge in [-0.05, 0) is 108 Å². The van der Waals surface area contributed by atoms with Gasteiger partial charge in [0.25, 0.3) is 0 Å². The lowest BCUT2D eigenvalue weighted by atomic mass is 9.84. The van der Waals surface area contributed by atoms with Crippen molar-refractivity contribution in [3.8, 4) is 22.5 Å².